The van der Waals surface area contributed by atoms with E-state index in [1.807, 2.05) is 5.38 Å². The quantitative estimate of drug-likeness (QED) is 0.739. The first-order valence-corrected chi connectivity index (χ1v) is 5.48. The lowest BCUT2D eigenvalue weighted by molar-refractivity contribution is 0.0108. The third-order valence-corrected chi connectivity index (χ3v) is 3.28. The second-order valence-electron chi connectivity index (χ2n) is 3.58. The molecule has 0 unspecified atom stereocenters. The van der Waals surface area contributed by atoms with Crippen LogP contribution in [0.3, 0.4) is 0 Å². The van der Waals surface area contributed by atoms with Gasteiger partial charge in [-0.15, -0.1) is 11.3 Å². The normalized spacial score (nSPS) is 21.6. The fourth-order valence-electron chi connectivity index (χ4n) is 1.69. The third kappa shape index (κ3) is 2.27. The van der Waals surface area contributed by atoms with Crippen LogP contribution in [0.15, 0.2) is 11.6 Å². The first-order valence-electron chi connectivity index (χ1n) is 4.60. The number of rotatable bonds is 2. The van der Waals surface area contributed by atoms with E-state index in [1.165, 1.54) is 0 Å². The van der Waals surface area contributed by atoms with Gasteiger partial charge in [0.05, 0.1) is 10.6 Å². The predicted octanol–water partition coefficient (Wildman–Crippen LogP) is 0.800. The smallest absolute Gasteiger partial charge is 0.0953 e. The van der Waals surface area contributed by atoms with E-state index in [2.05, 4.69) is 10.3 Å². The van der Waals surface area contributed by atoms with Crippen molar-refractivity contribution in [2.75, 3.05) is 13.1 Å². The fraction of sp³-hybridized carbons (Fsp3) is 0.667. The molecule has 1 saturated heterocycles. The summed E-state index contributed by atoms with van der Waals surface area (Å²) >= 11 is 1.62. The molecule has 72 valence electrons. The highest BCUT2D eigenvalue weighted by atomic mass is 32.1. The molecule has 0 radical (unpaired) electrons. The molecule has 2 rings (SSSR count). The summed E-state index contributed by atoms with van der Waals surface area (Å²) in [6, 6.07) is 0. The van der Waals surface area contributed by atoms with E-state index >= 15 is 0 Å². The van der Waals surface area contributed by atoms with Gasteiger partial charge in [0.25, 0.3) is 0 Å². The number of hydrogen-bond acceptors (Lipinski definition) is 4. The van der Waals surface area contributed by atoms with Crippen LogP contribution in [0.4, 0.5) is 0 Å². The Morgan fingerprint density at radius 1 is 1.54 bits per heavy atom. The summed E-state index contributed by atoms with van der Waals surface area (Å²) in [5.74, 6) is 0. The Labute approximate surface area is 81.8 Å². The first-order chi connectivity index (χ1) is 6.29. The Bertz CT molecular complexity index is 255. The van der Waals surface area contributed by atoms with Gasteiger partial charge in [0.15, 0.2) is 0 Å². The van der Waals surface area contributed by atoms with E-state index in [4.69, 9.17) is 0 Å². The van der Waals surface area contributed by atoms with E-state index in [9.17, 15) is 5.11 Å². The first kappa shape index (κ1) is 9.12. The molecule has 2 N–H and O–H groups in total. The van der Waals surface area contributed by atoms with Crippen molar-refractivity contribution < 1.29 is 5.11 Å². The van der Waals surface area contributed by atoms with Gasteiger partial charge in [-0.2, -0.15) is 0 Å². The summed E-state index contributed by atoms with van der Waals surface area (Å²) in [5, 5.41) is 16.4. The Morgan fingerprint density at radius 2 is 2.31 bits per heavy atom. The fourth-order valence-corrected chi connectivity index (χ4v) is 2.44. The molecule has 1 aromatic heterocycles. The Balaban J connectivity index is 1.99. The maximum absolute atomic E-state index is 10.2. The standard InChI is InChI=1S/C9H14N2OS/c12-9(1-3-10-4-2-9)7-8-11-5-6-13-8/h5-6,10,12H,1-4,7H2. The average molecular weight is 198 g/mol. The summed E-state index contributed by atoms with van der Waals surface area (Å²) < 4.78 is 0. The molecular formula is C9H14N2OS. The minimum absolute atomic E-state index is 0.511. The van der Waals surface area contributed by atoms with Crippen LogP contribution in [-0.2, 0) is 6.42 Å². The van der Waals surface area contributed by atoms with Crippen molar-refractivity contribution in [2.45, 2.75) is 24.9 Å². The highest BCUT2D eigenvalue weighted by Gasteiger charge is 2.29. The molecule has 1 aliphatic heterocycles. The summed E-state index contributed by atoms with van der Waals surface area (Å²) in [6.45, 7) is 1.84. The van der Waals surface area contributed by atoms with Crippen molar-refractivity contribution in [1.82, 2.24) is 10.3 Å². The number of aliphatic hydroxyl groups is 1. The maximum Gasteiger partial charge on any atom is 0.0953 e. The lowest BCUT2D eigenvalue weighted by atomic mass is 9.89. The van der Waals surface area contributed by atoms with Crippen LogP contribution < -0.4 is 5.32 Å². The van der Waals surface area contributed by atoms with Gasteiger partial charge in [0.1, 0.15) is 0 Å². The lowest BCUT2D eigenvalue weighted by Gasteiger charge is -2.31. The zero-order valence-corrected chi connectivity index (χ0v) is 8.31. The predicted molar refractivity (Wildman–Crippen MR) is 52.9 cm³/mol. The van der Waals surface area contributed by atoms with E-state index in [-0.39, 0.29) is 0 Å². The highest BCUT2D eigenvalue weighted by molar-refractivity contribution is 7.09. The molecule has 0 amide bonds. The molecule has 1 fully saturated rings. The SMILES string of the molecule is OC1(Cc2nccs2)CCNCC1. The average Bonchev–Trinajstić information content (AvgIpc) is 2.57. The van der Waals surface area contributed by atoms with Crippen molar-refractivity contribution in [2.24, 2.45) is 0 Å². The molecular weight excluding hydrogens is 184 g/mol. The number of thiazole rings is 1. The monoisotopic (exact) mass is 198 g/mol. The van der Waals surface area contributed by atoms with Gasteiger partial charge >= 0.3 is 0 Å². The highest BCUT2D eigenvalue weighted by Crippen LogP contribution is 2.23. The molecule has 0 atom stereocenters. The molecule has 0 saturated carbocycles. The molecule has 4 heteroatoms. The number of piperidine rings is 1. The second-order valence-corrected chi connectivity index (χ2v) is 4.56. The van der Waals surface area contributed by atoms with Crippen molar-refractivity contribution in [1.29, 1.82) is 0 Å². The molecule has 0 aromatic carbocycles. The number of hydrogen-bond donors (Lipinski definition) is 2. The van der Waals surface area contributed by atoms with Crippen molar-refractivity contribution in [3.05, 3.63) is 16.6 Å². The van der Waals surface area contributed by atoms with E-state index in [0.717, 1.165) is 30.9 Å². The van der Waals surface area contributed by atoms with Gasteiger partial charge < -0.3 is 10.4 Å². The maximum atomic E-state index is 10.2. The van der Waals surface area contributed by atoms with Crippen molar-refractivity contribution >= 4 is 11.3 Å². The minimum Gasteiger partial charge on any atom is -0.389 e. The van der Waals surface area contributed by atoms with Gasteiger partial charge in [-0.25, -0.2) is 4.98 Å². The van der Waals surface area contributed by atoms with Gasteiger partial charge in [-0.05, 0) is 25.9 Å². The Hall–Kier alpha value is -0.450. The van der Waals surface area contributed by atoms with E-state index in [1.54, 1.807) is 17.5 Å². The topological polar surface area (TPSA) is 45.2 Å². The van der Waals surface area contributed by atoms with Crippen LogP contribution in [0, 0.1) is 0 Å². The van der Waals surface area contributed by atoms with Crippen LogP contribution in [-0.4, -0.2) is 28.8 Å². The molecule has 1 aliphatic rings. The molecule has 3 nitrogen and oxygen atoms in total. The molecule has 1 aromatic rings. The van der Waals surface area contributed by atoms with E-state index < -0.39 is 5.60 Å². The molecule has 0 spiro atoms. The zero-order valence-electron chi connectivity index (χ0n) is 7.49. The lowest BCUT2D eigenvalue weighted by Crippen LogP contribution is -2.43. The van der Waals surface area contributed by atoms with Crippen LogP contribution in [0.1, 0.15) is 17.8 Å². The van der Waals surface area contributed by atoms with Crippen LogP contribution in [0.25, 0.3) is 0 Å². The number of nitrogens with zero attached hydrogens (tertiary/aromatic N) is 1. The molecule has 0 bridgehead atoms. The third-order valence-electron chi connectivity index (χ3n) is 2.50. The van der Waals surface area contributed by atoms with Crippen LogP contribution in [0.2, 0.25) is 0 Å². The largest absolute Gasteiger partial charge is 0.389 e. The minimum atomic E-state index is -0.511. The summed E-state index contributed by atoms with van der Waals surface area (Å²) in [6.07, 6.45) is 4.19. The molecule has 0 aliphatic carbocycles. The Morgan fingerprint density at radius 3 is 2.92 bits per heavy atom. The van der Waals surface area contributed by atoms with E-state index in [0.29, 0.717) is 6.42 Å². The van der Waals surface area contributed by atoms with Crippen LogP contribution in [0.5, 0.6) is 0 Å². The number of aromatic nitrogens is 1. The van der Waals surface area contributed by atoms with Crippen molar-refractivity contribution in [3.8, 4) is 0 Å². The van der Waals surface area contributed by atoms with Crippen LogP contribution >= 0.6 is 11.3 Å². The zero-order chi connectivity index (χ0) is 9.15. The summed E-state index contributed by atoms with van der Waals surface area (Å²) in [4.78, 5) is 4.19. The second kappa shape index (κ2) is 3.74. The number of nitrogens with one attached hydrogen (secondary N) is 1. The summed E-state index contributed by atoms with van der Waals surface area (Å²) in [5.41, 5.74) is -0.511. The van der Waals surface area contributed by atoms with Gasteiger partial charge in [0, 0.05) is 18.0 Å². The molecule has 13 heavy (non-hydrogen) atoms. The van der Waals surface area contributed by atoms with Gasteiger partial charge in [-0.1, -0.05) is 0 Å². The van der Waals surface area contributed by atoms with Crippen molar-refractivity contribution in [3.63, 3.8) is 0 Å². The Kier molecular flexibility index (Phi) is 2.62. The van der Waals surface area contributed by atoms with Gasteiger partial charge in [-0.3, -0.25) is 0 Å². The summed E-state index contributed by atoms with van der Waals surface area (Å²) in [7, 11) is 0. The molecule has 2 heterocycles. The van der Waals surface area contributed by atoms with Gasteiger partial charge in [0.2, 0.25) is 0 Å².